The van der Waals surface area contributed by atoms with E-state index in [0.717, 1.165) is 35.3 Å². The largest absolute Gasteiger partial charge is 0.462 e. The Kier molecular flexibility index (Phi) is 6.08. The number of fused-ring (bicyclic) bond motifs is 1. The molecule has 0 radical (unpaired) electrons. The molecule has 4 rings (SSSR count). The summed E-state index contributed by atoms with van der Waals surface area (Å²) in [5, 5.41) is 2.84. The second-order valence-electron chi connectivity index (χ2n) is 7.20. The summed E-state index contributed by atoms with van der Waals surface area (Å²) in [5.74, 6) is 0.177. The Balaban J connectivity index is 1.40. The van der Waals surface area contributed by atoms with E-state index in [1.807, 2.05) is 43.3 Å². The SMILES string of the molecule is CCCCOC(=O)c1ccc(NC(=O)c2ccc(-c3nc4ccccc4[nH]3)cc2)cc1. The van der Waals surface area contributed by atoms with Gasteiger partial charge in [-0.3, -0.25) is 4.79 Å². The minimum Gasteiger partial charge on any atom is -0.462 e. The van der Waals surface area contributed by atoms with Gasteiger partial charge in [0.15, 0.2) is 0 Å². The molecule has 0 aliphatic carbocycles. The second-order valence-corrected chi connectivity index (χ2v) is 7.20. The maximum absolute atomic E-state index is 12.6. The Hall–Kier alpha value is -3.93. The molecule has 0 atom stereocenters. The van der Waals surface area contributed by atoms with Gasteiger partial charge in [-0.1, -0.05) is 37.6 Å². The van der Waals surface area contributed by atoms with E-state index in [-0.39, 0.29) is 11.9 Å². The molecule has 2 N–H and O–H groups in total. The highest BCUT2D eigenvalue weighted by Crippen LogP contribution is 2.21. The van der Waals surface area contributed by atoms with Crippen LogP contribution in [0.25, 0.3) is 22.4 Å². The maximum Gasteiger partial charge on any atom is 0.338 e. The number of nitrogens with zero attached hydrogens (tertiary/aromatic N) is 1. The van der Waals surface area contributed by atoms with Crippen LogP contribution >= 0.6 is 0 Å². The molecule has 0 bridgehead atoms. The summed E-state index contributed by atoms with van der Waals surface area (Å²) in [7, 11) is 0. The van der Waals surface area contributed by atoms with Crippen LogP contribution in [0.2, 0.25) is 0 Å². The van der Waals surface area contributed by atoms with Gasteiger partial charge in [-0.15, -0.1) is 0 Å². The fourth-order valence-electron chi connectivity index (χ4n) is 3.15. The molecule has 1 amide bonds. The summed E-state index contributed by atoms with van der Waals surface area (Å²) in [6.45, 7) is 2.45. The van der Waals surface area contributed by atoms with Crippen LogP contribution in [0.1, 0.15) is 40.5 Å². The van der Waals surface area contributed by atoms with Crippen LogP contribution in [0.15, 0.2) is 72.8 Å². The van der Waals surface area contributed by atoms with Crippen molar-refractivity contribution in [3.63, 3.8) is 0 Å². The number of benzene rings is 3. The Labute approximate surface area is 180 Å². The predicted octanol–water partition coefficient (Wildman–Crippen LogP) is 5.44. The van der Waals surface area contributed by atoms with Crippen molar-refractivity contribution >= 4 is 28.6 Å². The molecule has 0 aliphatic heterocycles. The molecule has 4 aromatic rings. The number of aromatic nitrogens is 2. The predicted molar refractivity (Wildman–Crippen MR) is 121 cm³/mol. The average Bonchev–Trinajstić information content (AvgIpc) is 3.24. The first kappa shape index (κ1) is 20.3. The summed E-state index contributed by atoms with van der Waals surface area (Å²) in [6, 6.07) is 21.8. The first-order valence-electron chi connectivity index (χ1n) is 10.3. The van der Waals surface area contributed by atoms with Gasteiger partial charge in [-0.25, -0.2) is 9.78 Å². The van der Waals surface area contributed by atoms with Gasteiger partial charge in [0.2, 0.25) is 0 Å². The monoisotopic (exact) mass is 413 g/mol. The molecule has 0 aliphatic rings. The van der Waals surface area contributed by atoms with Gasteiger partial charge in [0.1, 0.15) is 5.82 Å². The summed E-state index contributed by atoms with van der Waals surface area (Å²) in [5.41, 5.74) is 4.37. The molecule has 0 unspecified atom stereocenters. The zero-order valence-electron chi connectivity index (χ0n) is 17.2. The molecule has 6 heteroatoms. The minimum absolute atomic E-state index is 0.227. The van der Waals surface area contributed by atoms with E-state index in [1.165, 1.54) is 0 Å². The van der Waals surface area contributed by atoms with Crippen molar-refractivity contribution in [2.24, 2.45) is 0 Å². The van der Waals surface area contributed by atoms with Crippen molar-refractivity contribution in [3.8, 4) is 11.4 Å². The quantitative estimate of drug-likeness (QED) is 0.312. The van der Waals surface area contributed by atoms with Crippen LogP contribution in [0.5, 0.6) is 0 Å². The topological polar surface area (TPSA) is 84.1 Å². The minimum atomic E-state index is -0.354. The highest BCUT2D eigenvalue weighted by molar-refractivity contribution is 6.04. The van der Waals surface area contributed by atoms with Crippen molar-refractivity contribution in [2.75, 3.05) is 11.9 Å². The van der Waals surface area contributed by atoms with Crippen molar-refractivity contribution < 1.29 is 14.3 Å². The van der Waals surface area contributed by atoms with Crippen LogP contribution in [0.3, 0.4) is 0 Å². The lowest BCUT2D eigenvalue weighted by Gasteiger charge is -2.07. The smallest absolute Gasteiger partial charge is 0.338 e. The third-order valence-electron chi connectivity index (χ3n) is 4.92. The Bertz CT molecular complexity index is 1160. The van der Waals surface area contributed by atoms with E-state index in [9.17, 15) is 9.59 Å². The molecule has 0 fully saturated rings. The molecule has 0 saturated heterocycles. The number of para-hydroxylation sites is 2. The molecule has 1 aromatic heterocycles. The zero-order chi connectivity index (χ0) is 21.6. The third kappa shape index (κ3) is 4.80. The number of carbonyl (C=O) groups excluding carboxylic acids is 2. The number of hydrogen-bond acceptors (Lipinski definition) is 4. The highest BCUT2D eigenvalue weighted by Gasteiger charge is 2.10. The van der Waals surface area contributed by atoms with Gasteiger partial charge in [-0.05, 0) is 55.0 Å². The number of ether oxygens (including phenoxy) is 1. The van der Waals surface area contributed by atoms with Crippen molar-refractivity contribution in [1.82, 2.24) is 9.97 Å². The number of carbonyl (C=O) groups is 2. The Morgan fingerprint density at radius 3 is 2.35 bits per heavy atom. The Morgan fingerprint density at radius 1 is 0.935 bits per heavy atom. The summed E-state index contributed by atoms with van der Waals surface area (Å²) < 4.78 is 5.19. The van der Waals surface area contributed by atoms with Crippen molar-refractivity contribution in [2.45, 2.75) is 19.8 Å². The van der Waals surface area contributed by atoms with Gasteiger partial charge in [0, 0.05) is 16.8 Å². The van der Waals surface area contributed by atoms with Crippen LogP contribution < -0.4 is 5.32 Å². The molecular formula is C25H23N3O3. The van der Waals surface area contributed by atoms with Gasteiger partial charge >= 0.3 is 5.97 Å². The van der Waals surface area contributed by atoms with E-state index in [2.05, 4.69) is 15.3 Å². The molecule has 6 nitrogen and oxygen atoms in total. The van der Waals surface area contributed by atoms with E-state index >= 15 is 0 Å². The number of aromatic amines is 1. The number of esters is 1. The van der Waals surface area contributed by atoms with Crippen LogP contribution in [0, 0.1) is 0 Å². The lowest BCUT2D eigenvalue weighted by Crippen LogP contribution is -2.12. The van der Waals surface area contributed by atoms with Crippen LogP contribution in [0.4, 0.5) is 5.69 Å². The highest BCUT2D eigenvalue weighted by atomic mass is 16.5. The lowest BCUT2D eigenvalue weighted by atomic mass is 10.1. The zero-order valence-corrected chi connectivity index (χ0v) is 17.2. The number of imidazole rings is 1. The summed E-state index contributed by atoms with van der Waals surface area (Å²) >= 11 is 0. The van der Waals surface area contributed by atoms with Gasteiger partial charge in [-0.2, -0.15) is 0 Å². The van der Waals surface area contributed by atoms with Gasteiger partial charge in [0.25, 0.3) is 5.91 Å². The number of amides is 1. The maximum atomic E-state index is 12.6. The van der Waals surface area contributed by atoms with E-state index in [4.69, 9.17) is 4.74 Å². The molecule has 3 aromatic carbocycles. The fourth-order valence-corrected chi connectivity index (χ4v) is 3.15. The van der Waals surface area contributed by atoms with Gasteiger partial charge in [0.05, 0.1) is 23.2 Å². The normalized spacial score (nSPS) is 10.7. The number of rotatable bonds is 7. The molecule has 0 saturated carbocycles. The number of H-pyrrole nitrogens is 1. The third-order valence-corrected chi connectivity index (χ3v) is 4.92. The first-order valence-corrected chi connectivity index (χ1v) is 10.3. The van der Waals surface area contributed by atoms with Crippen LogP contribution in [-0.4, -0.2) is 28.5 Å². The second kappa shape index (κ2) is 9.26. The van der Waals surface area contributed by atoms with E-state index in [0.29, 0.717) is 23.4 Å². The van der Waals surface area contributed by atoms with Crippen molar-refractivity contribution in [3.05, 3.63) is 83.9 Å². The fraction of sp³-hybridized carbons (Fsp3) is 0.160. The number of nitrogens with one attached hydrogen (secondary N) is 2. The number of hydrogen-bond donors (Lipinski definition) is 2. The van der Waals surface area contributed by atoms with E-state index in [1.54, 1.807) is 36.4 Å². The average molecular weight is 413 g/mol. The summed E-state index contributed by atoms with van der Waals surface area (Å²) in [4.78, 5) is 32.4. The van der Waals surface area contributed by atoms with Gasteiger partial charge < -0.3 is 15.0 Å². The molecule has 1 heterocycles. The van der Waals surface area contributed by atoms with E-state index < -0.39 is 0 Å². The first-order chi connectivity index (χ1) is 15.1. The Morgan fingerprint density at radius 2 is 1.65 bits per heavy atom. The molecule has 0 spiro atoms. The van der Waals surface area contributed by atoms with Crippen LogP contribution in [-0.2, 0) is 4.74 Å². The standard InChI is InChI=1S/C25H23N3O3/c1-2-3-16-31-25(30)19-12-14-20(15-13-19)26-24(29)18-10-8-17(9-11-18)23-27-21-6-4-5-7-22(21)28-23/h4-15H,2-3,16H2,1H3,(H,26,29)(H,27,28). The molecule has 156 valence electrons. The van der Waals surface area contributed by atoms with Crippen molar-refractivity contribution in [1.29, 1.82) is 0 Å². The molecule has 31 heavy (non-hydrogen) atoms. The molecular weight excluding hydrogens is 390 g/mol. The number of unbranched alkanes of at least 4 members (excludes halogenated alkanes) is 1. The lowest BCUT2D eigenvalue weighted by molar-refractivity contribution is 0.0499. The number of anilines is 1. The summed E-state index contributed by atoms with van der Waals surface area (Å²) in [6.07, 6.45) is 1.81.